The molecule has 2 saturated carbocycles. The molecule has 4 unspecified atom stereocenters. The minimum Gasteiger partial charge on any atom is -0.480 e. The van der Waals surface area contributed by atoms with Gasteiger partial charge >= 0.3 is 5.97 Å². The molecule has 2 aliphatic carbocycles. The fraction of sp³-hybridized carbons (Fsp3) is 0.867. The van der Waals surface area contributed by atoms with Crippen LogP contribution in [0.2, 0.25) is 0 Å². The average molecular weight is 282 g/mol. The van der Waals surface area contributed by atoms with Crippen LogP contribution < -0.4 is 10.6 Å². The van der Waals surface area contributed by atoms with Crippen molar-refractivity contribution < 1.29 is 14.7 Å². The highest BCUT2D eigenvalue weighted by atomic mass is 16.4. The van der Waals surface area contributed by atoms with Gasteiger partial charge in [0.05, 0.1) is 6.54 Å². The smallest absolute Gasteiger partial charge is 0.323 e. The van der Waals surface area contributed by atoms with E-state index < -0.39 is 11.5 Å². The standard InChI is InChI=1S/C15H26N2O3/c1-9(12-7-10-4-5-11(12)6-10)17-13(18)8-16-15(2,3)14(19)20/h9-12,16H,4-8H2,1-3H3,(H,17,18)(H,19,20). The van der Waals surface area contributed by atoms with Crippen molar-refractivity contribution >= 4 is 11.9 Å². The van der Waals surface area contributed by atoms with Crippen LogP contribution in [0.4, 0.5) is 0 Å². The molecule has 0 spiro atoms. The van der Waals surface area contributed by atoms with E-state index >= 15 is 0 Å². The number of hydrogen-bond donors (Lipinski definition) is 3. The molecule has 5 nitrogen and oxygen atoms in total. The van der Waals surface area contributed by atoms with Crippen molar-refractivity contribution in [1.82, 2.24) is 10.6 Å². The number of carboxylic acid groups (broad SMARTS) is 1. The Morgan fingerprint density at radius 1 is 1.30 bits per heavy atom. The number of aliphatic carboxylic acids is 1. The van der Waals surface area contributed by atoms with E-state index in [-0.39, 0.29) is 18.5 Å². The Hall–Kier alpha value is -1.10. The van der Waals surface area contributed by atoms with Crippen LogP contribution in [0.1, 0.15) is 46.5 Å². The van der Waals surface area contributed by atoms with Gasteiger partial charge in [-0.1, -0.05) is 6.42 Å². The first kappa shape index (κ1) is 15.3. The molecule has 20 heavy (non-hydrogen) atoms. The number of carboxylic acids is 1. The molecule has 2 rings (SSSR count). The minimum absolute atomic E-state index is 0.0461. The topological polar surface area (TPSA) is 78.4 Å². The second-order valence-electron chi connectivity index (χ2n) is 6.98. The lowest BCUT2D eigenvalue weighted by atomic mass is 9.84. The van der Waals surface area contributed by atoms with Crippen LogP contribution in [-0.4, -0.2) is 35.1 Å². The number of nitrogens with one attached hydrogen (secondary N) is 2. The Labute approximate surface area is 120 Å². The molecule has 1 amide bonds. The highest BCUT2D eigenvalue weighted by molar-refractivity contribution is 5.81. The van der Waals surface area contributed by atoms with E-state index in [1.807, 2.05) is 0 Å². The fourth-order valence-corrected chi connectivity index (χ4v) is 3.70. The Balaban J connectivity index is 1.76. The predicted octanol–water partition coefficient (Wildman–Crippen LogP) is 1.38. The van der Waals surface area contributed by atoms with Crippen molar-refractivity contribution in [2.24, 2.45) is 17.8 Å². The first-order chi connectivity index (χ1) is 9.29. The molecule has 0 radical (unpaired) electrons. The van der Waals surface area contributed by atoms with Gasteiger partial charge in [0.25, 0.3) is 0 Å². The molecule has 0 heterocycles. The molecule has 2 aliphatic rings. The molecule has 0 aromatic carbocycles. The Morgan fingerprint density at radius 2 is 2.00 bits per heavy atom. The van der Waals surface area contributed by atoms with Gasteiger partial charge in [-0.2, -0.15) is 0 Å². The van der Waals surface area contributed by atoms with Crippen LogP contribution in [0.15, 0.2) is 0 Å². The average Bonchev–Trinajstić information content (AvgIpc) is 2.98. The quantitative estimate of drug-likeness (QED) is 0.688. The van der Waals surface area contributed by atoms with Gasteiger partial charge in [0.1, 0.15) is 5.54 Å². The second kappa shape index (κ2) is 5.72. The SMILES string of the molecule is CC(NC(=O)CNC(C)(C)C(=O)O)C1CC2CCC1C2. The van der Waals surface area contributed by atoms with Crippen LogP contribution >= 0.6 is 0 Å². The molecule has 0 saturated heterocycles. The largest absolute Gasteiger partial charge is 0.480 e. The highest BCUT2D eigenvalue weighted by Crippen LogP contribution is 2.49. The van der Waals surface area contributed by atoms with E-state index in [1.165, 1.54) is 25.7 Å². The number of carbonyl (C=O) groups is 2. The molecule has 114 valence electrons. The maximum Gasteiger partial charge on any atom is 0.323 e. The zero-order valence-electron chi connectivity index (χ0n) is 12.6. The fourth-order valence-electron chi connectivity index (χ4n) is 3.70. The van der Waals surface area contributed by atoms with Gasteiger partial charge in [-0.3, -0.25) is 14.9 Å². The molecule has 0 aliphatic heterocycles. The van der Waals surface area contributed by atoms with Gasteiger partial charge in [-0.05, 0) is 57.8 Å². The lowest BCUT2D eigenvalue weighted by Gasteiger charge is -2.29. The summed E-state index contributed by atoms with van der Waals surface area (Å²) in [6.45, 7) is 5.24. The molecule has 3 N–H and O–H groups in total. The first-order valence-corrected chi connectivity index (χ1v) is 7.57. The van der Waals surface area contributed by atoms with Crippen LogP contribution in [0.3, 0.4) is 0 Å². The summed E-state index contributed by atoms with van der Waals surface area (Å²) in [5.74, 6) is 1.18. The lowest BCUT2D eigenvalue weighted by molar-refractivity contribution is -0.143. The zero-order chi connectivity index (χ0) is 14.9. The van der Waals surface area contributed by atoms with Crippen molar-refractivity contribution in [1.29, 1.82) is 0 Å². The lowest BCUT2D eigenvalue weighted by Crippen LogP contribution is -2.52. The third-order valence-electron chi connectivity index (χ3n) is 5.05. The molecule has 0 aromatic heterocycles. The number of rotatable bonds is 6. The number of carbonyl (C=O) groups excluding carboxylic acids is 1. The van der Waals surface area contributed by atoms with Gasteiger partial charge in [0.2, 0.25) is 5.91 Å². The van der Waals surface area contributed by atoms with Crippen molar-refractivity contribution in [3.63, 3.8) is 0 Å². The Bertz CT molecular complexity index is 395. The summed E-state index contributed by atoms with van der Waals surface area (Å²) in [7, 11) is 0. The van der Waals surface area contributed by atoms with Crippen LogP contribution in [0, 0.1) is 17.8 Å². The van der Waals surface area contributed by atoms with E-state index in [0.717, 1.165) is 11.8 Å². The molecule has 2 fully saturated rings. The number of amides is 1. The zero-order valence-corrected chi connectivity index (χ0v) is 12.6. The van der Waals surface area contributed by atoms with Crippen LogP contribution in [0.25, 0.3) is 0 Å². The molecule has 5 heteroatoms. The summed E-state index contributed by atoms with van der Waals surface area (Å²) in [5.41, 5.74) is -1.08. The second-order valence-corrected chi connectivity index (χ2v) is 6.98. The van der Waals surface area contributed by atoms with E-state index in [0.29, 0.717) is 5.92 Å². The third kappa shape index (κ3) is 3.32. The summed E-state index contributed by atoms with van der Waals surface area (Å²) in [4.78, 5) is 22.9. The third-order valence-corrected chi connectivity index (χ3v) is 5.05. The molecule has 2 bridgehead atoms. The van der Waals surface area contributed by atoms with Gasteiger partial charge in [0.15, 0.2) is 0 Å². The summed E-state index contributed by atoms with van der Waals surface area (Å²) >= 11 is 0. The molecule has 0 aromatic rings. The van der Waals surface area contributed by atoms with Crippen LogP contribution in [0.5, 0.6) is 0 Å². The summed E-state index contributed by atoms with van der Waals surface area (Å²) in [6.07, 6.45) is 5.23. The number of hydrogen-bond acceptors (Lipinski definition) is 3. The molecular formula is C15H26N2O3. The first-order valence-electron chi connectivity index (χ1n) is 7.57. The van der Waals surface area contributed by atoms with Crippen LogP contribution in [-0.2, 0) is 9.59 Å². The van der Waals surface area contributed by atoms with Crippen molar-refractivity contribution in [2.75, 3.05) is 6.54 Å². The van der Waals surface area contributed by atoms with Crippen molar-refractivity contribution in [3.05, 3.63) is 0 Å². The Kier molecular flexibility index (Phi) is 4.37. The van der Waals surface area contributed by atoms with Crippen molar-refractivity contribution in [2.45, 2.75) is 58.0 Å². The summed E-state index contributed by atoms with van der Waals surface area (Å²) in [5, 5.41) is 14.8. The van der Waals surface area contributed by atoms with E-state index in [2.05, 4.69) is 17.6 Å². The normalized spacial score (nSPS) is 30.2. The highest BCUT2D eigenvalue weighted by Gasteiger charge is 2.42. The Morgan fingerprint density at radius 3 is 2.50 bits per heavy atom. The molecule has 4 atom stereocenters. The van der Waals surface area contributed by atoms with Gasteiger partial charge in [-0.25, -0.2) is 0 Å². The predicted molar refractivity (Wildman–Crippen MR) is 76.3 cm³/mol. The number of fused-ring (bicyclic) bond motifs is 2. The van der Waals surface area contributed by atoms with Gasteiger partial charge < -0.3 is 10.4 Å². The summed E-state index contributed by atoms with van der Waals surface area (Å²) < 4.78 is 0. The maximum absolute atomic E-state index is 11.9. The van der Waals surface area contributed by atoms with Gasteiger partial charge in [-0.15, -0.1) is 0 Å². The molecular weight excluding hydrogens is 256 g/mol. The maximum atomic E-state index is 11.9. The van der Waals surface area contributed by atoms with E-state index in [4.69, 9.17) is 5.11 Å². The van der Waals surface area contributed by atoms with E-state index in [9.17, 15) is 9.59 Å². The minimum atomic E-state index is -1.08. The van der Waals surface area contributed by atoms with Gasteiger partial charge in [0, 0.05) is 6.04 Å². The monoisotopic (exact) mass is 282 g/mol. The van der Waals surface area contributed by atoms with E-state index in [1.54, 1.807) is 13.8 Å². The van der Waals surface area contributed by atoms with Crippen molar-refractivity contribution in [3.8, 4) is 0 Å². The summed E-state index contributed by atoms with van der Waals surface area (Å²) in [6, 6.07) is 0.188.